The zero-order valence-corrected chi connectivity index (χ0v) is 22.7. The van der Waals surface area contributed by atoms with Gasteiger partial charge in [0.05, 0.1) is 10.9 Å². The lowest BCUT2D eigenvalue weighted by atomic mass is 9.76. The highest BCUT2D eigenvalue weighted by molar-refractivity contribution is 5.94. The van der Waals surface area contributed by atoms with Crippen molar-refractivity contribution in [3.63, 3.8) is 0 Å². The predicted molar refractivity (Wildman–Crippen MR) is 153 cm³/mol. The van der Waals surface area contributed by atoms with Gasteiger partial charge in [-0.15, -0.1) is 0 Å². The first-order valence-electron chi connectivity index (χ1n) is 15.7. The summed E-state index contributed by atoms with van der Waals surface area (Å²) in [5.74, 6) is 2.24. The van der Waals surface area contributed by atoms with Crippen LogP contribution >= 0.6 is 0 Å². The molecular formula is C35H46N+. The first-order chi connectivity index (χ1) is 18.1. The number of nitrogens with zero attached hydrogens (tertiary/aromatic N) is 1. The zero-order chi connectivity index (χ0) is 25.4. The summed E-state index contributed by atoms with van der Waals surface area (Å²) in [6, 6.07) is 14.4. The molecule has 1 heteroatoms. The summed E-state index contributed by atoms with van der Waals surface area (Å²) in [5.41, 5.74) is 8.73. The van der Waals surface area contributed by atoms with Crippen LogP contribution in [0.5, 0.6) is 0 Å². The van der Waals surface area contributed by atoms with Gasteiger partial charge in [-0.3, -0.25) is 0 Å². The van der Waals surface area contributed by atoms with E-state index in [4.69, 9.17) is 1.37 Å². The SMILES string of the molecule is [2H]c1cc2cc(CC3CCCC3)ccc2c(-c2cc(C3CCCCC3)cc(C3CCCCC3)c2C)[n+]1C. The van der Waals surface area contributed by atoms with E-state index in [0.717, 1.165) is 5.92 Å². The molecule has 0 radical (unpaired) electrons. The van der Waals surface area contributed by atoms with Crippen molar-refractivity contribution in [2.45, 2.75) is 115 Å². The molecule has 0 saturated heterocycles. The highest BCUT2D eigenvalue weighted by Crippen LogP contribution is 2.42. The van der Waals surface area contributed by atoms with Gasteiger partial charge in [-0.05, 0) is 96.6 Å². The summed E-state index contributed by atoms with van der Waals surface area (Å²) >= 11 is 0. The van der Waals surface area contributed by atoms with Crippen molar-refractivity contribution < 1.29 is 5.94 Å². The third kappa shape index (κ3) is 4.88. The third-order valence-electron chi connectivity index (χ3n) is 9.97. The second-order valence-electron chi connectivity index (χ2n) is 12.4. The molecular weight excluding hydrogens is 434 g/mol. The van der Waals surface area contributed by atoms with Crippen LogP contribution in [0.1, 0.15) is 125 Å². The van der Waals surface area contributed by atoms with Gasteiger partial charge in [0.25, 0.3) is 0 Å². The molecule has 1 heterocycles. The molecule has 3 aliphatic carbocycles. The summed E-state index contributed by atoms with van der Waals surface area (Å²) < 4.78 is 11.1. The first-order valence-corrected chi connectivity index (χ1v) is 15.2. The van der Waals surface area contributed by atoms with E-state index in [2.05, 4.69) is 54.9 Å². The largest absolute Gasteiger partial charge is 0.220 e. The number of pyridine rings is 1. The highest BCUT2D eigenvalue weighted by Gasteiger charge is 2.27. The molecule has 36 heavy (non-hydrogen) atoms. The maximum absolute atomic E-state index is 8.92. The molecule has 0 unspecified atom stereocenters. The predicted octanol–water partition coefficient (Wildman–Crippen LogP) is 9.47. The minimum Gasteiger partial charge on any atom is -0.200 e. The molecule has 0 bridgehead atoms. The fourth-order valence-electron chi connectivity index (χ4n) is 7.87. The Balaban J connectivity index is 1.49. The molecule has 0 amide bonds. The maximum atomic E-state index is 8.92. The molecule has 0 aliphatic heterocycles. The summed E-state index contributed by atoms with van der Waals surface area (Å²) in [5, 5.41) is 2.56. The van der Waals surface area contributed by atoms with Crippen LogP contribution in [0.15, 0.2) is 42.6 Å². The summed E-state index contributed by atoms with van der Waals surface area (Å²) in [6.45, 7) is 2.38. The van der Waals surface area contributed by atoms with Crippen molar-refractivity contribution in [1.29, 1.82) is 0 Å². The van der Waals surface area contributed by atoms with E-state index in [0.29, 0.717) is 18.0 Å². The topological polar surface area (TPSA) is 3.88 Å². The van der Waals surface area contributed by atoms with E-state index in [1.165, 1.54) is 129 Å². The van der Waals surface area contributed by atoms with Crippen LogP contribution in [0.2, 0.25) is 0 Å². The molecule has 3 saturated carbocycles. The lowest BCUT2D eigenvalue weighted by molar-refractivity contribution is -0.659. The average Bonchev–Trinajstić information content (AvgIpc) is 3.44. The van der Waals surface area contributed by atoms with Gasteiger partial charge >= 0.3 is 0 Å². The van der Waals surface area contributed by atoms with Gasteiger partial charge in [0.15, 0.2) is 6.17 Å². The van der Waals surface area contributed by atoms with Crippen molar-refractivity contribution in [2.24, 2.45) is 13.0 Å². The monoisotopic (exact) mass is 481 g/mol. The third-order valence-corrected chi connectivity index (χ3v) is 9.97. The number of benzene rings is 2. The van der Waals surface area contributed by atoms with Crippen molar-refractivity contribution in [3.8, 4) is 11.3 Å². The van der Waals surface area contributed by atoms with Gasteiger partial charge < -0.3 is 0 Å². The van der Waals surface area contributed by atoms with Gasteiger partial charge in [0.2, 0.25) is 5.69 Å². The standard InChI is InChI=1S/C35H46N/c1-25-33(29-15-7-4-8-16-29)23-31(28-13-5-3-6-14-28)24-34(25)35-32-18-17-27(21-26-11-9-10-12-26)22-30(32)19-20-36(35)2/h17-20,22-24,26,28-29H,3-16,21H2,1-2H3/q+1/i20D. The Bertz CT molecular complexity index is 1260. The Labute approximate surface area is 220 Å². The number of hydrogen-bond acceptors (Lipinski definition) is 0. The van der Waals surface area contributed by atoms with Crippen LogP contribution in [0, 0.1) is 12.8 Å². The molecule has 6 rings (SSSR count). The van der Waals surface area contributed by atoms with Crippen LogP contribution in [0.3, 0.4) is 0 Å². The quantitative estimate of drug-likeness (QED) is 0.319. The highest BCUT2D eigenvalue weighted by atomic mass is 14.9. The van der Waals surface area contributed by atoms with E-state index in [9.17, 15) is 0 Å². The number of aromatic nitrogens is 1. The maximum Gasteiger partial charge on any atom is 0.220 e. The van der Waals surface area contributed by atoms with Gasteiger partial charge in [-0.1, -0.05) is 82.4 Å². The lowest BCUT2D eigenvalue weighted by Gasteiger charge is -2.28. The lowest BCUT2D eigenvalue weighted by Crippen LogP contribution is -2.31. The van der Waals surface area contributed by atoms with E-state index in [1.807, 2.05) is 0 Å². The molecule has 1 nitrogen and oxygen atoms in total. The van der Waals surface area contributed by atoms with E-state index >= 15 is 0 Å². The average molecular weight is 482 g/mol. The van der Waals surface area contributed by atoms with Crippen LogP contribution < -0.4 is 4.57 Å². The summed E-state index contributed by atoms with van der Waals surface area (Å²) in [6.07, 6.45) is 21.0. The van der Waals surface area contributed by atoms with E-state index < -0.39 is 0 Å². The molecule has 0 spiro atoms. The Morgan fingerprint density at radius 2 is 1.44 bits per heavy atom. The summed E-state index contributed by atoms with van der Waals surface area (Å²) in [4.78, 5) is 0. The van der Waals surface area contributed by atoms with Crippen LogP contribution in [0.4, 0.5) is 0 Å². The molecule has 3 aromatic rings. The molecule has 0 atom stereocenters. The van der Waals surface area contributed by atoms with Gasteiger partial charge in [0, 0.05) is 6.07 Å². The minimum atomic E-state index is 0.613. The number of hydrogen-bond donors (Lipinski definition) is 0. The molecule has 3 fully saturated rings. The Morgan fingerprint density at radius 3 is 2.17 bits per heavy atom. The fourth-order valence-corrected chi connectivity index (χ4v) is 7.87. The Kier molecular flexibility index (Phi) is 6.83. The smallest absolute Gasteiger partial charge is 0.200 e. The number of rotatable bonds is 5. The van der Waals surface area contributed by atoms with E-state index in [-0.39, 0.29) is 0 Å². The molecule has 1 aromatic heterocycles. The second kappa shape index (κ2) is 10.7. The Hall–Kier alpha value is -2.15. The second-order valence-corrected chi connectivity index (χ2v) is 12.4. The fraction of sp³-hybridized carbons (Fsp3) is 0.571. The van der Waals surface area contributed by atoms with Crippen molar-refractivity contribution in [3.05, 3.63) is 64.8 Å². The Morgan fingerprint density at radius 1 is 0.778 bits per heavy atom. The molecule has 0 N–H and O–H groups in total. The first kappa shape index (κ1) is 23.0. The van der Waals surface area contributed by atoms with Gasteiger partial charge in [0.1, 0.15) is 8.42 Å². The molecule has 190 valence electrons. The van der Waals surface area contributed by atoms with E-state index in [1.54, 1.807) is 11.1 Å². The normalized spacial score (nSPS) is 20.8. The molecule has 3 aliphatic rings. The van der Waals surface area contributed by atoms with Crippen LogP contribution in [-0.2, 0) is 13.5 Å². The zero-order valence-electron chi connectivity index (χ0n) is 23.7. The van der Waals surface area contributed by atoms with Crippen molar-refractivity contribution in [1.82, 2.24) is 0 Å². The van der Waals surface area contributed by atoms with Gasteiger partial charge in [-0.25, -0.2) is 4.57 Å². The molecule has 2 aromatic carbocycles. The summed E-state index contributed by atoms with van der Waals surface area (Å²) in [7, 11) is 2.11. The van der Waals surface area contributed by atoms with Crippen LogP contribution in [0.25, 0.3) is 22.0 Å². The van der Waals surface area contributed by atoms with Gasteiger partial charge in [-0.2, -0.15) is 0 Å². The minimum absolute atomic E-state index is 0.613. The number of fused-ring (bicyclic) bond motifs is 1. The van der Waals surface area contributed by atoms with Crippen molar-refractivity contribution in [2.75, 3.05) is 0 Å². The van der Waals surface area contributed by atoms with Crippen molar-refractivity contribution >= 4 is 10.8 Å². The van der Waals surface area contributed by atoms with Crippen LogP contribution in [-0.4, -0.2) is 0 Å².